The minimum absolute atomic E-state index is 0.197. The number of nitrogens with zero attached hydrogens (tertiary/aromatic N) is 1. The lowest BCUT2D eigenvalue weighted by Gasteiger charge is -2.04. The Bertz CT molecular complexity index is 847. The van der Waals surface area contributed by atoms with Crippen molar-refractivity contribution >= 4 is 28.6 Å². The largest absolute Gasteiger partial charge is 0.369 e. The van der Waals surface area contributed by atoms with Crippen molar-refractivity contribution in [3.8, 4) is 0 Å². The first-order valence-corrected chi connectivity index (χ1v) is 7.12. The number of fused-ring (bicyclic) bond motifs is 1. The first kappa shape index (κ1) is 14.0. The molecule has 0 saturated carbocycles. The van der Waals surface area contributed by atoms with Crippen LogP contribution in [-0.2, 0) is 11.2 Å². The molecule has 3 aromatic rings. The molecule has 3 heteroatoms. The Balaban J connectivity index is 1.99. The predicted molar refractivity (Wildman–Crippen MR) is 90.5 cm³/mol. The fourth-order valence-electron chi connectivity index (χ4n) is 2.48. The monoisotopic (exact) mass is 288 g/mol. The van der Waals surface area contributed by atoms with Gasteiger partial charge in [0.2, 0.25) is 5.91 Å². The number of hydrogen-bond acceptors (Lipinski definition) is 2. The van der Waals surface area contributed by atoms with Crippen molar-refractivity contribution in [2.24, 2.45) is 10.7 Å². The Morgan fingerprint density at radius 3 is 2.55 bits per heavy atom. The summed E-state index contributed by atoms with van der Waals surface area (Å²) in [4.78, 5) is 15.7. The molecule has 0 aromatic heterocycles. The lowest BCUT2D eigenvalue weighted by Crippen LogP contribution is -2.13. The van der Waals surface area contributed by atoms with E-state index >= 15 is 0 Å². The van der Waals surface area contributed by atoms with E-state index in [2.05, 4.69) is 23.2 Å². The van der Waals surface area contributed by atoms with Crippen molar-refractivity contribution in [2.45, 2.75) is 6.42 Å². The molecule has 1 amide bonds. The van der Waals surface area contributed by atoms with E-state index in [4.69, 9.17) is 5.73 Å². The first-order valence-electron chi connectivity index (χ1n) is 7.12. The Hall–Kier alpha value is -2.94. The number of carbonyl (C=O) groups excluding carboxylic acids is 1. The van der Waals surface area contributed by atoms with Crippen molar-refractivity contribution < 1.29 is 4.79 Å². The molecule has 0 atom stereocenters. The highest BCUT2D eigenvalue weighted by Crippen LogP contribution is 2.21. The van der Waals surface area contributed by atoms with Crippen LogP contribution in [-0.4, -0.2) is 12.1 Å². The first-order chi connectivity index (χ1) is 10.7. The average molecular weight is 288 g/mol. The summed E-state index contributed by atoms with van der Waals surface area (Å²) in [6.45, 7) is 0. The van der Waals surface area contributed by atoms with Gasteiger partial charge in [0.05, 0.1) is 12.1 Å². The van der Waals surface area contributed by atoms with Crippen LogP contribution in [0.2, 0.25) is 0 Å². The Kier molecular flexibility index (Phi) is 3.97. The molecule has 0 aliphatic carbocycles. The minimum atomic E-state index is -0.354. The highest BCUT2D eigenvalue weighted by atomic mass is 16.1. The van der Waals surface area contributed by atoms with E-state index in [1.165, 1.54) is 5.39 Å². The number of para-hydroxylation sites is 1. The number of hydrogen-bond donors (Lipinski definition) is 1. The van der Waals surface area contributed by atoms with Crippen LogP contribution in [0.4, 0.5) is 5.69 Å². The van der Waals surface area contributed by atoms with Crippen LogP contribution in [0.3, 0.4) is 0 Å². The third-order valence-corrected chi connectivity index (χ3v) is 3.52. The van der Waals surface area contributed by atoms with Crippen LogP contribution >= 0.6 is 0 Å². The number of carbonyl (C=O) groups is 1. The minimum Gasteiger partial charge on any atom is -0.369 e. The second kappa shape index (κ2) is 6.22. The third-order valence-electron chi connectivity index (χ3n) is 3.52. The maximum absolute atomic E-state index is 11.1. The van der Waals surface area contributed by atoms with Crippen LogP contribution in [0.1, 0.15) is 11.1 Å². The van der Waals surface area contributed by atoms with Gasteiger partial charge < -0.3 is 5.73 Å². The fraction of sp³-hybridized carbons (Fsp3) is 0.0526. The van der Waals surface area contributed by atoms with Gasteiger partial charge in [0.1, 0.15) is 0 Å². The van der Waals surface area contributed by atoms with E-state index in [9.17, 15) is 4.79 Å². The summed E-state index contributed by atoms with van der Waals surface area (Å²) in [7, 11) is 0. The highest BCUT2D eigenvalue weighted by Gasteiger charge is 2.04. The quantitative estimate of drug-likeness (QED) is 0.732. The van der Waals surface area contributed by atoms with Gasteiger partial charge in [0.25, 0.3) is 0 Å². The van der Waals surface area contributed by atoms with Gasteiger partial charge >= 0.3 is 0 Å². The Morgan fingerprint density at radius 2 is 1.68 bits per heavy atom. The van der Waals surface area contributed by atoms with Crippen LogP contribution in [0.15, 0.2) is 71.7 Å². The molecular formula is C19H16N2O. The highest BCUT2D eigenvalue weighted by molar-refractivity contribution is 6.00. The molecule has 3 rings (SSSR count). The summed E-state index contributed by atoms with van der Waals surface area (Å²) in [5, 5.41) is 2.33. The lowest BCUT2D eigenvalue weighted by atomic mass is 10.1. The molecule has 3 nitrogen and oxygen atoms in total. The molecule has 3 aromatic carbocycles. The Labute approximate surface area is 129 Å². The standard InChI is InChI=1S/C19H16N2O/c20-19(22)12-15-7-2-4-11-18(15)21-13-16-9-5-8-14-6-1-3-10-17(14)16/h1-11,13H,12H2,(H2,20,22). The average Bonchev–Trinajstić information content (AvgIpc) is 2.53. The molecule has 0 spiro atoms. The maximum Gasteiger partial charge on any atom is 0.221 e. The molecule has 0 heterocycles. The van der Waals surface area contributed by atoms with Gasteiger partial charge in [0.15, 0.2) is 0 Å². The molecule has 0 radical (unpaired) electrons. The SMILES string of the molecule is NC(=O)Cc1ccccc1N=Cc1cccc2ccccc12. The summed E-state index contributed by atoms with van der Waals surface area (Å²) in [5.74, 6) is -0.354. The molecule has 22 heavy (non-hydrogen) atoms. The molecule has 0 bridgehead atoms. The molecule has 0 fully saturated rings. The molecule has 0 unspecified atom stereocenters. The van der Waals surface area contributed by atoms with E-state index in [-0.39, 0.29) is 12.3 Å². The van der Waals surface area contributed by atoms with Gasteiger partial charge in [-0.1, -0.05) is 60.7 Å². The van der Waals surface area contributed by atoms with E-state index in [1.807, 2.05) is 54.7 Å². The van der Waals surface area contributed by atoms with Crippen LogP contribution < -0.4 is 5.73 Å². The maximum atomic E-state index is 11.1. The van der Waals surface area contributed by atoms with Crippen LogP contribution in [0, 0.1) is 0 Å². The number of benzene rings is 3. The van der Waals surface area contributed by atoms with Gasteiger partial charge in [-0.05, 0) is 22.4 Å². The molecule has 108 valence electrons. The topological polar surface area (TPSA) is 55.5 Å². The lowest BCUT2D eigenvalue weighted by molar-refractivity contribution is -0.117. The Morgan fingerprint density at radius 1 is 0.955 bits per heavy atom. The molecule has 0 saturated heterocycles. The summed E-state index contributed by atoms with van der Waals surface area (Å²) < 4.78 is 0. The van der Waals surface area contributed by atoms with Crippen LogP contribution in [0.25, 0.3) is 10.8 Å². The molecular weight excluding hydrogens is 272 g/mol. The van der Waals surface area contributed by atoms with Gasteiger partial charge in [-0.3, -0.25) is 9.79 Å². The van der Waals surface area contributed by atoms with E-state index in [0.717, 1.165) is 22.2 Å². The zero-order valence-electron chi connectivity index (χ0n) is 12.1. The van der Waals surface area contributed by atoms with Gasteiger partial charge in [-0.15, -0.1) is 0 Å². The molecule has 0 aliphatic rings. The number of amides is 1. The van der Waals surface area contributed by atoms with Crippen molar-refractivity contribution in [2.75, 3.05) is 0 Å². The smallest absolute Gasteiger partial charge is 0.221 e. The van der Waals surface area contributed by atoms with E-state index in [1.54, 1.807) is 0 Å². The molecule has 0 aliphatic heterocycles. The zero-order valence-corrected chi connectivity index (χ0v) is 12.1. The number of aliphatic imine (C=N–C) groups is 1. The third kappa shape index (κ3) is 3.04. The zero-order chi connectivity index (χ0) is 15.4. The fourth-order valence-corrected chi connectivity index (χ4v) is 2.48. The van der Waals surface area contributed by atoms with Crippen molar-refractivity contribution in [1.82, 2.24) is 0 Å². The molecule has 2 N–H and O–H groups in total. The summed E-state index contributed by atoms with van der Waals surface area (Å²) in [6.07, 6.45) is 2.03. The summed E-state index contributed by atoms with van der Waals surface area (Å²) >= 11 is 0. The van der Waals surface area contributed by atoms with Gasteiger partial charge in [-0.2, -0.15) is 0 Å². The van der Waals surface area contributed by atoms with Crippen molar-refractivity contribution in [3.05, 3.63) is 77.9 Å². The van der Waals surface area contributed by atoms with Crippen molar-refractivity contribution in [1.29, 1.82) is 0 Å². The summed E-state index contributed by atoms with van der Waals surface area (Å²) in [5.41, 5.74) is 7.94. The second-order valence-corrected chi connectivity index (χ2v) is 5.10. The van der Waals surface area contributed by atoms with Crippen LogP contribution in [0.5, 0.6) is 0 Å². The van der Waals surface area contributed by atoms with Gasteiger partial charge in [0, 0.05) is 11.8 Å². The van der Waals surface area contributed by atoms with E-state index < -0.39 is 0 Å². The second-order valence-electron chi connectivity index (χ2n) is 5.10. The van der Waals surface area contributed by atoms with Gasteiger partial charge in [-0.25, -0.2) is 0 Å². The van der Waals surface area contributed by atoms with Crippen molar-refractivity contribution in [3.63, 3.8) is 0 Å². The predicted octanol–water partition coefficient (Wildman–Crippen LogP) is 3.62. The summed E-state index contributed by atoms with van der Waals surface area (Å²) in [6, 6.07) is 21.9. The van der Waals surface area contributed by atoms with E-state index in [0.29, 0.717) is 0 Å². The number of primary amides is 1. The number of nitrogens with two attached hydrogens (primary N) is 1. The number of rotatable bonds is 4. The normalized spacial score (nSPS) is 11.1.